The van der Waals surface area contributed by atoms with Gasteiger partial charge in [-0.3, -0.25) is 0 Å². The Bertz CT molecular complexity index is 367. The summed E-state index contributed by atoms with van der Waals surface area (Å²) in [5.74, 6) is 2.90. The molecular formula is C16H29NO. The molecule has 1 aromatic heterocycles. The lowest BCUT2D eigenvalue weighted by atomic mass is 9.91. The van der Waals surface area contributed by atoms with E-state index in [0.717, 1.165) is 24.0 Å². The van der Waals surface area contributed by atoms with Crippen LogP contribution in [0.4, 0.5) is 0 Å². The smallest absolute Gasteiger partial charge is 0.106 e. The second-order valence-electron chi connectivity index (χ2n) is 5.49. The molecule has 2 atom stereocenters. The molecule has 1 aromatic rings. The van der Waals surface area contributed by atoms with Gasteiger partial charge in [0, 0.05) is 11.6 Å². The van der Waals surface area contributed by atoms with Crippen molar-refractivity contribution in [2.24, 2.45) is 5.92 Å². The average molecular weight is 251 g/mol. The summed E-state index contributed by atoms with van der Waals surface area (Å²) >= 11 is 0. The van der Waals surface area contributed by atoms with Crippen molar-refractivity contribution in [3.63, 3.8) is 0 Å². The van der Waals surface area contributed by atoms with Crippen molar-refractivity contribution in [3.05, 3.63) is 22.6 Å². The lowest BCUT2D eigenvalue weighted by molar-refractivity contribution is 0.389. The van der Waals surface area contributed by atoms with Gasteiger partial charge < -0.3 is 9.73 Å². The first-order chi connectivity index (χ1) is 8.51. The summed E-state index contributed by atoms with van der Waals surface area (Å²) in [5.41, 5.74) is 2.71. The van der Waals surface area contributed by atoms with E-state index in [1.54, 1.807) is 0 Å². The lowest BCUT2D eigenvalue weighted by Crippen LogP contribution is -2.23. The Morgan fingerprint density at radius 2 is 1.78 bits per heavy atom. The molecule has 2 nitrogen and oxygen atoms in total. The van der Waals surface area contributed by atoms with Crippen LogP contribution in [0.5, 0.6) is 0 Å². The van der Waals surface area contributed by atoms with Gasteiger partial charge in [-0.05, 0) is 45.2 Å². The average Bonchev–Trinajstić information content (AvgIpc) is 2.53. The van der Waals surface area contributed by atoms with Crippen LogP contribution in [0.1, 0.15) is 68.7 Å². The van der Waals surface area contributed by atoms with Crippen molar-refractivity contribution in [1.29, 1.82) is 0 Å². The van der Waals surface area contributed by atoms with Gasteiger partial charge in [0.2, 0.25) is 0 Å². The first kappa shape index (κ1) is 15.3. The van der Waals surface area contributed by atoms with Gasteiger partial charge in [0.05, 0.1) is 0 Å². The van der Waals surface area contributed by atoms with E-state index >= 15 is 0 Å². The molecule has 0 bridgehead atoms. The number of hydrogen-bond acceptors (Lipinski definition) is 2. The van der Waals surface area contributed by atoms with Gasteiger partial charge in [0.25, 0.3) is 0 Å². The van der Waals surface area contributed by atoms with Gasteiger partial charge in [0.15, 0.2) is 0 Å². The maximum Gasteiger partial charge on any atom is 0.106 e. The van der Waals surface area contributed by atoms with E-state index in [4.69, 9.17) is 4.42 Å². The second-order valence-corrected chi connectivity index (χ2v) is 5.49. The molecule has 0 aliphatic heterocycles. The van der Waals surface area contributed by atoms with Crippen molar-refractivity contribution in [2.75, 3.05) is 6.54 Å². The topological polar surface area (TPSA) is 25.2 Å². The maximum atomic E-state index is 5.77. The molecule has 2 heteroatoms. The Balaban J connectivity index is 2.89. The van der Waals surface area contributed by atoms with Crippen LogP contribution < -0.4 is 5.32 Å². The van der Waals surface area contributed by atoms with Crippen LogP contribution in [0.3, 0.4) is 0 Å². The molecule has 0 radical (unpaired) electrons. The zero-order valence-corrected chi connectivity index (χ0v) is 12.9. The molecule has 0 fully saturated rings. The molecule has 0 saturated heterocycles. The highest BCUT2D eigenvalue weighted by Gasteiger charge is 2.21. The fourth-order valence-corrected chi connectivity index (χ4v) is 2.88. The quantitative estimate of drug-likeness (QED) is 0.761. The molecule has 2 unspecified atom stereocenters. The fraction of sp³-hybridized carbons (Fsp3) is 0.750. The number of rotatable bonds is 7. The van der Waals surface area contributed by atoms with Crippen LogP contribution in [0.2, 0.25) is 0 Å². The van der Waals surface area contributed by atoms with Crippen LogP contribution in [0, 0.1) is 26.7 Å². The van der Waals surface area contributed by atoms with E-state index < -0.39 is 0 Å². The SMILES string of the molecule is CCCC(C)CC(NCC)c1c(C)oc(C)c1C. The van der Waals surface area contributed by atoms with Crippen molar-refractivity contribution in [3.8, 4) is 0 Å². The highest BCUT2D eigenvalue weighted by Crippen LogP contribution is 2.31. The summed E-state index contributed by atoms with van der Waals surface area (Å²) in [6.07, 6.45) is 3.77. The summed E-state index contributed by atoms with van der Waals surface area (Å²) in [5, 5.41) is 3.62. The minimum Gasteiger partial charge on any atom is -0.466 e. The Hall–Kier alpha value is -0.760. The summed E-state index contributed by atoms with van der Waals surface area (Å²) < 4.78 is 5.77. The minimum atomic E-state index is 0.439. The molecular weight excluding hydrogens is 222 g/mol. The van der Waals surface area contributed by atoms with E-state index in [1.165, 1.54) is 30.4 Å². The Labute approximate surface area is 112 Å². The van der Waals surface area contributed by atoms with Gasteiger partial charge in [-0.25, -0.2) is 0 Å². The first-order valence-corrected chi connectivity index (χ1v) is 7.31. The third kappa shape index (κ3) is 3.61. The Kier molecular flexibility index (Phi) is 5.94. The predicted octanol–water partition coefficient (Wildman–Crippen LogP) is 4.68. The van der Waals surface area contributed by atoms with Crippen molar-refractivity contribution in [2.45, 2.75) is 66.8 Å². The van der Waals surface area contributed by atoms with Gasteiger partial charge in [-0.15, -0.1) is 0 Å². The zero-order valence-electron chi connectivity index (χ0n) is 12.9. The summed E-state index contributed by atoms with van der Waals surface area (Å²) in [4.78, 5) is 0. The van der Waals surface area contributed by atoms with Crippen LogP contribution in [-0.4, -0.2) is 6.54 Å². The highest BCUT2D eigenvalue weighted by atomic mass is 16.3. The lowest BCUT2D eigenvalue weighted by Gasteiger charge is -2.22. The number of hydrogen-bond donors (Lipinski definition) is 1. The number of furan rings is 1. The monoisotopic (exact) mass is 251 g/mol. The molecule has 0 aliphatic carbocycles. The molecule has 0 spiro atoms. The van der Waals surface area contributed by atoms with E-state index in [0.29, 0.717) is 6.04 Å². The highest BCUT2D eigenvalue weighted by molar-refractivity contribution is 5.34. The van der Waals surface area contributed by atoms with Crippen LogP contribution in [0.15, 0.2) is 4.42 Å². The van der Waals surface area contributed by atoms with Crippen molar-refractivity contribution in [1.82, 2.24) is 5.32 Å². The van der Waals surface area contributed by atoms with Gasteiger partial charge >= 0.3 is 0 Å². The van der Waals surface area contributed by atoms with Crippen molar-refractivity contribution < 1.29 is 4.42 Å². The van der Waals surface area contributed by atoms with Gasteiger partial charge in [0.1, 0.15) is 11.5 Å². The van der Waals surface area contributed by atoms with Crippen LogP contribution in [-0.2, 0) is 0 Å². The van der Waals surface area contributed by atoms with E-state index in [2.05, 4.69) is 46.9 Å². The normalized spacial score (nSPS) is 14.8. The third-order valence-electron chi connectivity index (χ3n) is 3.84. The third-order valence-corrected chi connectivity index (χ3v) is 3.84. The second kappa shape index (κ2) is 6.98. The molecule has 1 rings (SSSR count). The molecule has 1 N–H and O–H groups in total. The zero-order chi connectivity index (χ0) is 13.7. The van der Waals surface area contributed by atoms with E-state index in [1.807, 2.05) is 0 Å². The van der Waals surface area contributed by atoms with Crippen molar-refractivity contribution >= 4 is 0 Å². The Morgan fingerprint density at radius 1 is 1.11 bits per heavy atom. The Morgan fingerprint density at radius 3 is 2.22 bits per heavy atom. The molecule has 0 saturated carbocycles. The minimum absolute atomic E-state index is 0.439. The molecule has 0 aliphatic rings. The summed E-state index contributed by atoms with van der Waals surface area (Å²) in [6.45, 7) is 14.1. The molecule has 104 valence electrons. The molecule has 0 aromatic carbocycles. The van der Waals surface area contributed by atoms with Gasteiger partial charge in [-0.2, -0.15) is 0 Å². The number of aryl methyl sites for hydroxylation is 2. The summed E-state index contributed by atoms with van der Waals surface area (Å²) in [6, 6.07) is 0.439. The number of nitrogens with one attached hydrogen (secondary N) is 1. The maximum absolute atomic E-state index is 5.77. The van der Waals surface area contributed by atoms with E-state index in [-0.39, 0.29) is 0 Å². The molecule has 1 heterocycles. The standard InChI is InChI=1S/C16H29NO/c1-7-9-11(3)10-15(17-8-2)16-12(4)13(5)18-14(16)6/h11,15,17H,7-10H2,1-6H3. The van der Waals surface area contributed by atoms with Crippen LogP contribution in [0.25, 0.3) is 0 Å². The predicted molar refractivity (Wildman–Crippen MR) is 78.0 cm³/mol. The molecule has 18 heavy (non-hydrogen) atoms. The van der Waals surface area contributed by atoms with Gasteiger partial charge in [-0.1, -0.05) is 33.6 Å². The van der Waals surface area contributed by atoms with Crippen LogP contribution >= 0.6 is 0 Å². The molecule has 0 amide bonds. The first-order valence-electron chi connectivity index (χ1n) is 7.31. The fourth-order valence-electron chi connectivity index (χ4n) is 2.88. The largest absolute Gasteiger partial charge is 0.466 e. The summed E-state index contributed by atoms with van der Waals surface area (Å²) in [7, 11) is 0. The van der Waals surface area contributed by atoms with E-state index in [9.17, 15) is 0 Å².